The van der Waals surface area contributed by atoms with Crippen LogP contribution in [0.5, 0.6) is 0 Å². The first-order valence-electron chi connectivity index (χ1n) is 5.54. The minimum absolute atomic E-state index is 0.0293. The lowest BCUT2D eigenvalue weighted by Crippen LogP contribution is -2.20. The molecule has 1 aromatic heterocycles. The van der Waals surface area contributed by atoms with Crippen molar-refractivity contribution in [2.75, 3.05) is 12.3 Å². The first-order valence-corrected chi connectivity index (χ1v) is 6.36. The molecule has 1 heterocycles. The number of thiazole rings is 1. The van der Waals surface area contributed by atoms with Crippen molar-refractivity contribution in [1.29, 1.82) is 0 Å². The third-order valence-electron chi connectivity index (χ3n) is 2.26. The van der Waals surface area contributed by atoms with Gasteiger partial charge in [-0.2, -0.15) is 0 Å². The highest BCUT2D eigenvalue weighted by Gasteiger charge is 2.00. The fraction of sp³-hybridized carbons (Fsp3) is 0.231. The lowest BCUT2D eigenvalue weighted by atomic mass is 10.2. The monoisotopic (exact) mass is 259 g/mol. The maximum atomic E-state index is 10.6. The summed E-state index contributed by atoms with van der Waals surface area (Å²) in [5.74, 6) is 6.04. The molecule has 5 heteroatoms. The quantitative estimate of drug-likeness (QED) is 0.638. The van der Waals surface area contributed by atoms with Crippen LogP contribution >= 0.6 is 11.3 Å². The SMILES string of the molecule is CC(=O)NCCC#Cc1ccc2nc(N)sc2c1. The Labute approximate surface area is 109 Å². The summed E-state index contributed by atoms with van der Waals surface area (Å²) < 4.78 is 1.04. The number of rotatable bonds is 2. The van der Waals surface area contributed by atoms with Gasteiger partial charge >= 0.3 is 0 Å². The van der Waals surface area contributed by atoms with E-state index < -0.39 is 0 Å². The maximum absolute atomic E-state index is 10.6. The molecule has 0 unspecified atom stereocenters. The van der Waals surface area contributed by atoms with Gasteiger partial charge in [0.1, 0.15) is 0 Å². The van der Waals surface area contributed by atoms with Crippen LogP contribution in [0.1, 0.15) is 18.9 Å². The molecule has 0 aliphatic heterocycles. The van der Waals surface area contributed by atoms with Crippen LogP contribution in [0, 0.1) is 11.8 Å². The molecule has 3 N–H and O–H groups in total. The number of amides is 1. The van der Waals surface area contributed by atoms with Crippen LogP contribution in [0.25, 0.3) is 10.2 Å². The second-order valence-electron chi connectivity index (χ2n) is 3.77. The smallest absolute Gasteiger partial charge is 0.216 e. The fourth-order valence-electron chi connectivity index (χ4n) is 1.49. The summed E-state index contributed by atoms with van der Waals surface area (Å²) in [6, 6.07) is 5.82. The van der Waals surface area contributed by atoms with Crippen molar-refractivity contribution in [1.82, 2.24) is 10.3 Å². The molecule has 0 radical (unpaired) electrons. The largest absolute Gasteiger partial charge is 0.375 e. The van der Waals surface area contributed by atoms with E-state index in [1.807, 2.05) is 18.2 Å². The topological polar surface area (TPSA) is 68.0 Å². The van der Waals surface area contributed by atoms with Crippen LogP contribution in [0.15, 0.2) is 18.2 Å². The van der Waals surface area contributed by atoms with Crippen LogP contribution in [-0.4, -0.2) is 17.4 Å². The predicted octanol–water partition coefficient (Wildman–Crippen LogP) is 1.76. The molecule has 0 fully saturated rings. The number of anilines is 1. The van der Waals surface area contributed by atoms with E-state index in [1.165, 1.54) is 18.3 Å². The molecule has 0 saturated heterocycles. The van der Waals surface area contributed by atoms with Crippen molar-refractivity contribution in [3.8, 4) is 11.8 Å². The number of nitrogens with two attached hydrogens (primary N) is 1. The van der Waals surface area contributed by atoms with Crippen molar-refractivity contribution in [3.63, 3.8) is 0 Å². The molecule has 0 saturated carbocycles. The Morgan fingerprint density at radius 2 is 2.39 bits per heavy atom. The average Bonchev–Trinajstić information content (AvgIpc) is 2.67. The summed E-state index contributed by atoms with van der Waals surface area (Å²) in [6.45, 7) is 2.08. The average molecular weight is 259 g/mol. The minimum Gasteiger partial charge on any atom is -0.375 e. The van der Waals surface area contributed by atoms with E-state index in [4.69, 9.17) is 5.73 Å². The number of aromatic nitrogens is 1. The van der Waals surface area contributed by atoms with Crippen LogP contribution < -0.4 is 11.1 Å². The number of nitrogen functional groups attached to an aromatic ring is 1. The summed E-state index contributed by atoms with van der Waals surface area (Å²) in [6.07, 6.45) is 0.641. The number of fused-ring (bicyclic) bond motifs is 1. The zero-order valence-electron chi connectivity index (χ0n) is 9.99. The number of benzene rings is 1. The molecule has 92 valence electrons. The second kappa shape index (κ2) is 5.52. The molecule has 4 nitrogen and oxygen atoms in total. The first kappa shape index (κ1) is 12.4. The summed E-state index contributed by atoms with van der Waals surface area (Å²) in [5, 5.41) is 3.27. The van der Waals surface area contributed by atoms with Gasteiger partial charge in [0.2, 0.25) is 5.91 Å². The zero-order valence-corrected chi connectivity index (χ0v) is 10.8. The van der Waals surface area contributed by atoms with Gasteiger partial charge in [-0.15, -0.1) is 0 Å². The summed E-state index contributed by atoms with van der Waals surface area (Å²) in [7, 11) is 0. The Balaban J connectivity index is 2.03. The van der Waals surface area contributed by atoms with Gasteiger partial charge in [-0.3, -0.25) is 4.79 Å². The maximum Gasteiger partial charge on any atom is 0.216 e. The molecule has 0 atom stereocenters. The van der Waals surface area contributed by atoms with Crippen molar-refractivity contribution < 1.29 is 4.79 Å². The van der Waals surface area contributed by atoms with E-state index in [2.05, 4.69) is 22.1 Å². The van der Waals surface area contributed by atoms with Gasteiger partial charge in [-0.25, -0.2) is 4.98 Å². The van der Waals surface area contributed by atoms with E-state index in [9.17, 15) is 4.79 Å². The van der Waals surface area contributed by atoms with E-state index in [-0.39, 0.29) is 5.91 Å². The lowest BCUT2D eigenvalue weighted by Gasteiger charge is -1.94. The molecule has 0 bridgehead atoms. The number of carbonyl (C=O) groups is 1. The van der Waals surface area contributed by atoms with Crippen LogP contribution in [0.4, 0.5) is 5.13 Å². The molecule has 0 aliphatic carbocycles. The Bertz CT molecular complexity index is 636. The molecular formula is C13H13N3OS. The lowest BCUT2D eigenvalue weighted by molar-refractivity contribution is -0.118. The highest BCUT2D eigenvalue weighted by molar-refractivity contribution is 7.22. The van der Waals surface area contributed by atoms with Crippen molar-refractivity contribution in [3.05, 3.63) is 23.8 Å². The summed E-state index contributed by atoms with van der Waals surface area (Å²) in [4.78, 5) is 14.8. The zero-order chi connectivity index (χ0) is 13.0. The number of nitrogens with zero attached hydrogens (tertiary/aromatic N) is 1. The third kappa shape index (κ3) is 3.22. The molecule has 2 rings (SSSR count). The van der Waals surface area contributed by atoms with Crippen LogP contribution in [0.2, 0.25) is 0 Å². The second-order valence-corrected chi connectivity index (χ2v) is 4.83. The fourth-order valence-corrected chi connectivity index (χ4v) is 2.26. The molecule has 1 aromatic carbocycles. The number of carbonyl (C=O) groups excluding carboxylic acids is 1. The third-order valence-corrected chi connectivity index (χ3v) is 3.11. The highest BCUT2D eigenvalue weighted by Crippen LogP contribution is 2.24. The van der Waals surface area contributed by atoms with Crippen molar-refractivity contribution in [2.24, 2.45) is 0 Å². The number of hydrogen-bond acceptors (Lipinski definition) is 4. The van der Waals surface area contributed by atoms with E-state index in [0.29, 0.717) is 18.1 Å². The van der Waals surface area contributed by atoms with Gasteiger partial charge in [0.25, 0.3) is 0 Å². The molecule has 0 aliphatic rings. The Hall–Kier alpha value is -2.06. The Kier molecular flexibility index (Phi) is 3.80. The number of nitrogens with one attached hydrogen (secondary N) is 1. The van der Waals surface area contributed by atoms with E-state index in [0.717, 1.165) is 15.8 Å². The van der Waals surface area contributed by atoms with Gasteiger partial charge in [0.15, 0.2) is 5.13 Å². The summed E-state index contributed by atoms with van der Waals surface area (Å²) >= 11 is 1.46. The highest BCUT2D eigenvalue weighted by atomic mass is 32.1. The van der Waals surface area contributed by atoms with Gasteiger partial charge < -0.3 is 11.1 Å². The van der Waals surface area contributed by atoms with Gasteiger partial charge in [-0.1, -0.05) is 23.2 Å². The minimum atomic E-state index is -0.0293. The Morgan fingerprint density at radius 3 is 3.17 bits per heavy atom. The Morgan fingerprint density at radius 1 is 1.56 bits per heavy atom. The molecule has 0 spiro atoms. The molecule has 18 heavy (non-hydrogen) atoms. The molecule has 1 amide bonds. The van der Waals surface area contributed by atoms with Crippen LogP contribution in [0.3, 0.4) is 0 Å². The summed E-state index contributed by atoms with van der Waals surface area (Å²) in [5.41, 5.74) is 7.48. The van der Waals surface area contributed by atoms with Crippen LogP contribution in [-0.2, 0) is 4.79 Å². The van der Waals surface area contributed by atoms with E-state index >= 15 is 0 Å². The standard InChI is InChI=1S/C13H13N3OS/c1-9(17)15-7-3-2-4-10-5-6-11-12(8-10)18-13(14)16-11/h5-6,8H,3,7H2,1H3,(H2,14,16)(H,15,17). The van der Waals surface area contributed by atoms with Crippen molar-refractivity contribution >= 4 is 32.6 Å². The number of hydrogen-bond donors (Lipinski definition) is 2. The molecular weight excluding hydrogens is 246 g/mol. The molecule has 2 aromatic rings. The van der Waals surface area contributed by atoms with Gasteiger partial charge in [0, 0.05) is 25.5 Å². The normalized spacial score (nSPS) is 9.83. The van der Waals surface area contributed by atoms with E-state index in [1.54, 1.807) is 0 Å². The van der Waals surface area contributed by atoms with Gasteiger partial charge in [-0.05, 0) is 18.2 Å². The first-order chi connectivity index (χ1) is 8.65. The van der Waals surface area contributed by atoms with Gasteiger partial charge in [0.05, 0.1) is 10.2 Å². The van der Waals surface area contributed by atoms with Crippen molar-refractivity contribution in [2.45, 2.75) is 13.3 Å². The predicted molar refractivity (Wildman–Crippen MR) is 74.2 cm³/mol.